The van der Waals surface area contributed by atoms with Crippen LogP contribution in [0.4, 0.5) is 4.79 Å². The predicted octanol–water partition coefficient (Wildman–Crippen LogP) is 2.93. The third-order valence-corrected chi connectivity index (χ3v) is 4.60. The zero-order valence-electron chi connectivity index (χ0n) is 12.7. The van der Waals surface area contributed by atoms with Crippen molar-refractivity contribution in [1.82, 2.24) is 10.2 Å². The SMILES string of the molecule is CC1(C)CC(N2CC[C@@H](NC(=O)O)C2)CC(C)(C)C1. The Morgan fingerprint density at radius 2 is 1.79 bits per heavy atom. The maximum Gasteiger partial charge on any atom is 0.404 e. The molecule has 4 heteroatoms. The van der Waals surface area contributed by atoms with E-state index < -0.39 is 6.09 Å². The molecule has 1 aliphatic carbocycles. The molecule has 1 aliphatic heterocycles. The molecule has 0 bridgehead atoms. The van der Waals surface area contributed by atoms with Crippen LogP contribution in [0.15, 0.2) is 0 Å². The molecule has 1 saturated carbocycles. The minimum Gasteiger partial charge on any atom is -0.465 e. The second kappa shape index (κ2) is 4.97. The average molecular weight is 268 g/mol. The molecule has 110 valence electrons. The second-order valence-corrected chi connectivity index (χ2v) is 8.00. The number of hydrogen-bond donors (Lipinski definition) is 2. The van der Waals surface area contributed by atoms with Gasteiger partial charge in [0, 0.05) is 25.2 Å². The highest BCUT2D eigenvalue weighted by atomic mass is 16.4. The Kier molecular flexibility index (Phi) is 3.83. The summed E-state index contributed by atoms with van der Waals surface area (Å²) < 4.78 is 0. The van der Waals surface area contributed by atoms with Crippen LogP contribution in [0.1, 0.15) is 53.4 Å². The van der Waals surface area contributed by atoms with Crippen molar-refractivity contribution in [2.24, 2.45) is 10.8 Å². The number of carbonyl (C=O) groups is 1. The van der Waals surface area contributed by atoms with E-state index in [4.69, 9.17) is 5.11 Å². The van der Waals surface area contributed by atoms with Gasteiger partial charge in [-0.25, -0.2) is 4.79 Å². The van der Waals surface area contributed by atoms with Gasteiger partial charge in [-0.1, -0.05) is 27.7 Å². The minimum absolute atomic E-state index is 0.116. The molecule has 2 aliphatic rings. The van der Waals surface area contributed by atoms with Crippen LogP contribution >= 0.6 is 0 Å². The third-order valence-electron chi connectivity index (χ3n) is 4.60. The van der Waals surface area contributed by atoms with Gasteiger partial charge in [0.15, 0.2) is 0 Å². The second-order valence-electron chi connectivity index (χ2n) is 8.00. The van der Waals surface area contributed by atoms with Crippen molar-refractivity contribution in [3.8, 4) is 0 Å². The Morgan fingerprint density at radius 3 is 2.32 bits per heavy atom. The van der Waals surface area contributed by atoms with Crippen molar-refractivity contribution in [3.05, 3.63) is 0 Å². The van der Waals surface area contributed by atoms with E-state index in [-0.39, 0.29) is 6.04 Å². The van der Waals surface area contributed by atoms with Crippen LogP contribution < -0.4 is 5.32 Å². The van der Waals surface area contributed by atoms with E-state index in [0.717, 1.165) is 19.5 Å². The lowest BCUT2D eigenvalue weighted by atomic mass is 9.63. The molecule has 2 rings (SSSR count). The van der Waals surface area contributed by atoms with E-state index in [1.54, 1.807) is 0 Å². The van der Waals surface area contributed by atoms with Crippen LogP contribution in [0, 0.1) is 10.8 Å². The molecule has 1 amide bonds. The van der Waals surface area contributed by atoms with Crippen LogP contribution in [-0.4, -0.2) is 41.3 Å². The topological polar surface area (TPSA) is 52.6 Å². The minimum atomic E-state index is -0.892. The first kappa shape index (κ1) is 14.6. The van der Waals surface area contributed by atoms with Gasteiger partial charge in [0.2, 0.25) is 0 Å². The van der Waals surface area contributed by atoms with Gasteiger partial charge in [0.25, 0.3) is 0 Å². The number of nitrogens with one attached hydrogen (secondary N) is 1. The molecule has 0 aromatic carbocycles. The highest BCUT2D eigenvalue weighted by Gasteiger charge is 2.42. The van der Waals surface area contributed by atoms with Crippen LogP contribution in [0.5, 0.6) is 0 Å². The third kappa shape index (κ3) is 3.85. The molecule has 4 nitrogen and oxygen atoms in total. The van der Waals surface area contributed by atoms with Crippen LogP contribution in [0.2, 0.25) is 0 Å². The summed E-state index contributed by atoms with van der Waals surface area (Å²) in [5, 5.41) is 11.4. The molecule has 0 aromatic rings. The van der Waals surface area contributed by atoms with Gasteiger partial charge < -0.3 is 10.4 Å². The van der Waals surface area contributed by atoms with Crippen LogP contribution in [0.3, 0.4) is 0 Å². The summed E-state index contributed by atoms with van der Waals surface area (Å²) >= 11 is 0. The average Bonchev–Trinajstić information content (AvgIpc) is 2.59. The van der Waals surface area contributed by atoms with E-state index in [9.17, 15) is 4.79 Å². The van der Waals surface area contributed by atoms with Gasteiger partial charge in [-0.05, 0) is 36.5 Å². The molecular weight excluding hydrogens is 240 g/mol. The fraction of sp³-hybridized carbons (Fsp3) is 0.933. The lowest BCUT2D eigenvalue weighted by molar-refractivity contribution is 0.0337. The first-order chi connectivity index (χ1) is 8.67. The van der Waals surface area contributed by atoms with Gasteiger partial charge in [0.05, 0.1) is 0 Å². The van der Waals surface area contributed by atoms with Gasteiger partial charge in [-0.2, -0.15) is 0 Å². The fourth-order valence-corrected chi connectivity index (χ4v) is 4.46. The summed E-state index contributed by atoms with van der Waals surface area (Å²) in [5.41, 5.74) is 0.787. The molecule has 2 fully saturated rings. The van der Waals surface area contributed by atoms with E-state index in [1.807, 2.05) is 0 Å². The Morgan fingerprint density at radius 1 is 1.21 bits per heavy atom. The summed E-state index contributed by atoms with van der Waals surface area (Å²) in [6.07, 6.45) is 3.80. The molecular formula is C15H28N2O2. The Hall–Kier alpha value is -0.770. The van der Waals surface area contributed by atoms with E-state index in [2.05, 4.69) is 37.9 Å². The maximum absolute atomic E-state index is 10.7. The molecule has 0 radical (unpaired) electrons. The monoisotopic (exact) mass is 268 g/mol. The lowest BCUT2D eigenvalue weighted by Gasteiger charge is -2.47. The first-order valence-electron chi connectivity index (χ1n) is 7.40. The molecule has 2 N–H and O–H groups in total. The number of carboxylic acid groups (broad SMARTS) is 1. The van der Waals surface area contributed by atoms with Crippen LogP contribution in [0.25, 0.3) is 0 Å². The van der Waals surface area contributed by atoms with E-state index in [0.29, 0.717) is 16.9 Å². The van der Waals surface area contributed by atoms with Gasteiger partial charge in [-0.3, -0.25) is 4.90 Å². The first-order valence-corrected chi connectivity index (χ1v) is 7.40. The van der Waals surface area contributed by atoms with Gasteiger partial charge in [0.1, 0.15) is 0 Å². The zero-order valence-corrected chi connectivity index (χ0v) is 12.7. The predicted molar refractivity (Wildman–Crippen MR) is 76.3 cm³/mol. The lowest BCUT2D eigenvalue weighted by Crippen LogP contribution is -2.46. The normalized spacial score (nSPS) is 31.3. The van der Waals surface area contributed by atoms with Gasteiger partial charge in [-0.15, -0.1) is 0 Å². The number of amides is 1. The molecule has 19 heavy (non-hydrogen) atoms. The summed E-state index contributed by atoms with van der Waals surface area (Å²) in [6, 6.07) is 0.727. The molecule has 1 heterocycles. The van der Waals surface area contributed by atoms with Crippen molar-refractivity contribution in [3.63, 3.8) is 0 Å². The molecule has 1 atom stereocenters. The smallest absolute Gasteiger partial charge is 0.404 e. The summed E-state index contributed by atoms with van der Waals surface area (Å²) in [4.78, 5) is 13.2. The summed E-state index contributed by atoms with van der Waals surface area (Å²) in [5.74, 6) is 0. The van der Waals surface area contributed by atoms with Crippen LogP contribution in [-0.2, 0) is 0 Å². The number of nitrogens with zero attached hydrogens (tertiary/aromatic N) is 1. The maximum atomic E-state index is 10.7. The Labute approximate surface area is 116 Å². The fourth-order valence-electron chi connectivity index (χ4n) is 4.46. The van der Waals surface area contributed by atoms with Crippen molar-refractivity contribution in [2.75, 3.05) is 13.1 Å². The zero-order chi connectivity index (χ0) is 14.3. The number of hydrogen-bond acceptors (Lipinski definition) is 2. The van der Waals surface area contributed by atoms with E-state index in [1.165, 1.54) is 19.3 Å². The molecule has 1 saturated heterocycles. The van der Waals surface area contributed by atoms with Crippen molar-refractivity contribution < 1.29 is 9.90 Å². The summed E-state index contributed by atoms with van der Waals surface area (Å²) in [7, 11) is 0. The quantitative estimate of drug-likeness (QED) is 0.809. The molecule has 0 spiro atoms. The Balaban J connectivity index is 1.97. The highest BCUT2D eigenvalue weighted by Crippen LogP contribution is 2.47. The van der Waals surface area contributed by atoms with Crippen molar-refractivity contribution in [2.45, 2.75) is 65.5 Å². The molecule has 0 unspecified atom stereocenters. The standard InChI is InChI=1S/C15H28N2O2/c1-14(2)7-12(8-15(3,4)10-14)17-6-5-11(9-17)16-13(18)19/h11-12,16H,5-10H2,1-4H3,(H,18,19)/t11-/m1/s1. The van der Waals surface area contributed by atoms with Gasteiger partial charge >= 0.3 is 6.09 Å². The largest absolute Gasteiger partial charge is 0.465 e. The number of rotatable bonds is 2. The highest BCUT2D eigenvalue weighted by molar-refractivity contribution is 5.64. The summed E-state index contributed by atoms with van der Waals surface area (Å²) in [6.45, 7) is 11.4. The Bertz CT molecular complexity index is 336. The van der Waals surface area contributed by atoms with E-state index >= 15 is 0 Å². The van der Waals surface area contributed by atoms with Crippen molar-refractivity contribution >= 4 is 6.09 Å². The number of likely N-dealkylation sites (tertiary alicyclic amines) is 1. The van der Waals surface area contributed by atoms with Crippen molar-refractivity contribution in [1.29, 1.82) is 0 Å². The molecule has 0 aromatic heterocycles.